The summed E-state index contributed by atoms with van der Waals surface area (Å²) in [6, 6.07) is 3.11. The maximum Gasteiger partial charge on any atom is 0.214 e. The van der Waals surface area contributed by atoms with Gasteiger partial charge in [-0.2, -0.15) is 0 Å². The van der Waals surface area contributed by atoms with Crippen molar-refractivity contribution in [3.8, 4) is 11.6 Å². The Bertz CT molecular complexity index is 200. The smallest absolute Gasteiger partial charge is 0.214 e. The molecule has 0 radical (unpaired) electrons. The van der Waals surface area contributed by atoms with Gasteiger partial charge in [0.05, 0.1) is 7.11 Å². The summed E-state index contributed by atoms with van der Waals surface area (Å²) in [4.78, 5) is 3.56. The highest BCUT2D eigenvalue weighted by Gasteiger charge is 1.90. The fourth-order valence-electron chi connectivity index (χ4n) is 0.527. The molecule has 0 aliphatic rings. The Hall–Kier alpha value is -1.25. The Morgan fingerprint density at radius 2 is 2.44 bits per heavy atom. The SMILES string of the molecule is COc1ccnc(O)c1. The molecule has 9 heavy (non-hydrogen) atoms. The van der Waals surface area contributed by atoms with E-state index in [-0.39, 0.29) is 5.88 Å². The van der Waals surface area contributed by atoms with Crippen LogP contribution in [0, 0.1) is 0 Å². The van der Waals surface area contributed by atoms with Crippen molar-refractivity contribution >= 4 is 0 Å². The fraction of sp³-hybridized carbons (Fsp3) is 0.167. The lowest BCUT2D eigenvalue weighted by Gasteiger charge is -1.96. The highest BCUT2D eigenvalue weighted by Crippen LogP contribution is 2.12. The first kappa shape index (κ1) is 5.88. The Morgan fingerprint density at radius 1 is 1.67 bits per heavy atom. The van der Waals surface area contributed by atoms with E-state index < -0.39 is 0 Å². The van der Waals surface area contributed by atoms with Crippen molar-refractivity contribution in [2.75, 3.05) is 7.11 Å². The van der Waals surface area contributed by atoms with Crippen molar-refractivity contribution in [2.24, 2.45) is 0 Å². The van der Waals surface area contributed by atoms with Gasteiger partial charge >= 0.3 is 0 Å². The summed E-state index contributed by atoms with van der Waals surface area (Å²) < 4.78 is 4.80. The quantitative estimate of drug-likeness (QED) is 0.603. The van der Waals surface area contributed by atoms with Crippen LogP contribution in [-0.2, 0) is 0 Å². The molecule has 0 aliphatic heterocycles. The minimum Gasteiger partial charge on any atom is -0.497 e. The van der Waals surface area contributed by atoms with Gasteiger partial charge in [0.15, 0.2) is 0 Å². The molecule has 1 heterocycles. The van der Waals surface area contributed by atoms with E-state index in [0.29, 0.717) is 5.75 Å². The van der Waals surface area contributed by atoms with E-state index in [4.69, 9.17) is 9.84 Å². The molecule has 0 aliphatic carbocycles. The summed E-state index contributed by atoms with van der Waals surface area (Å²) in [5, 5.41) is 8.75. The minimum absolute atomic E-state index is 0.0191. The van der Waals surface area contributed by atoms with Crippen molar-refractivity contribution < 1.29 is 9.84 Å². The van der Waals surface area contributed by atoms with Crippen LogP contribution >= 0.6 is 0 Å². The predicted octanol–water partition coefficient (Wildman–Crippen LogP) is 0.796. The fourth-order valence-corrected chi connectivity index (χ4v) is 0.527. The third-order valence-electron chi connectivity index (χ3n) is 0.953. The van der Waals surface area contributed by atoms with Crippen LogP contribution in [0.5, 0.6) is 11.6 Å². The van der Waals surface area contributed by atoms with Crippen LogP contribution in [-0.4, -0.2) is 17.2 Å². The highest BCUT2D eigenvalue weighted by molar-refractivity contribution is 5.24. The van der Waals surface area contributed by atoms with Gasteiger partial charge in [0.25, 0.3) is 0 Å². The van der Waals surface area contributed by atoms with E-state index in [2.05, 4.69) is 4.98 Å². The Balaban J connectivity index is 2.94. The van der Waals surface area contributed by atoms with Crippen molar-refractivity contribution in [1.29, 1.82) is 0 Å². The molecule has 3 nitrogen and oxygen atoms in total. The molecule has 0 aromatic carbocycles. The van der Waals surface area contributed by atoms with E-state index in [0.717, 1.165) is 0 Å². The second-order valence-corrected chi connectivity index (χ2v) is 1.55. The van der Waals surface area contributed by atoms with Gasteiger partial charge in [-0.3, -0.25) is 0 Å². The van der Waals surface area contributed by atoms with Crippen LogP contribution in [0.4, 0.5) is 0 Å². The zero-order chi connectivity index (χ0) is 6.69. The first-order valence-corrected chi connectivity index (χ1v) is 2.52. The number of hydrogen-bond acceptors (Lipinski definition) is 3. The van der Waals surface area contributed by atoms with Crippen molar-refractivity contribution in [1.82, 2.24) is 4.98 Å². The number of nitrogens with zero attached hydrogens (tertiary/aromatic N) is 1. The molecule has 0 bridgehead atoms. The molecule has 1 N–H and O–H groups in total. The first-order chi connectivity index (χ1) is 4.33. The number of aromatic hydroxyl groups is 1. The van der Waals surface area contributed by atoms with E-state index >= 15 is 0 Å². The van der Waals surface area contributed by atoms with E-state index in [1.165, 1.54) is 19.4 Å². The minimum atomic E-state index is -0.0191. The zero-order valence-electron chi connectivity index (χ0n) is 5.03. The number of pyridine rings is 1. The van der Waals surface area contributed by atoms with Crippen LogP contribution in [0.3, 0.4) is 0 Å². The molecule has 0 atom stereocenters. The van der Waals surface area contributed by atoms with Gasteiger partial charge in [-0.25, -0.2) is 4.98 Å². The maximum atomic E-state index is 8.75. The summed E-state index contributed by atoms with van der Waals surface area (Å²) in [5.41, 5.74) is 0. The van der Waals surface area contributed by atoms with Crippen LogP contribution in [0.2, 0.25) is 0 Å². The lowest BCUT2D eigenvalue weighted by Crippen LogP contribution is -1.81. The Labute approximate surface area is 52.9 Å². The second-order valence-electron chi connectivity index (χ2n) is 1.55. The predicted molar refractivity (Wildman–Crippen MR) is 32.5 cm³/mol. The lowest BCUT2D eigenvalue weighted by molar-refractivity contribution is 0.402. The zero-order valence-corrected chi connectivity index (χ0v) is 5.03. The van der Waals surface area contributed by atoms with Crippen LogP contribution in [0.1, 0.15) is 0 Å². The molecule has 1 aromatic heterocycles. The first-order valence-electron chi connectivity index (χ1n) is 2.52. The third-order valence-corrected chi connectivity index (χ3v) is 0.953. The monoisotopic (exact) mass is 125 g/mol. The van der Waals surface area contributed by atoms with Crippen molar-refractivity contribution in [3.05, 3.63) is 18.3 Å². The van der Waals surface area contributed by atoms with Crippen LogP contribution < -0.4 is 4.74 Å². The lowest BCUT2D eigenvalue weighted by atomic mass is 10.4. The molecule has 0 fully saturated rings. The average molecular weight is 125 g/mol. The molecule has 0 unspecified atom stereocenters. The number of aromatic nitrogens is 1. The number of rotatable bonds is 1. The molecule has 0 saturated heterocycles. The maximum absolute atomic E-state index is 8.75. The molecular formula is C6H7NO2. The Morgan fingerprint density at radius 3 is 2.89 bits per heavy atom. The molecule has 3 heteroatoms. The summed E-state index contributed by atoms with van der Waals surface area (Å²) in [5.74, 6) is 0.594. The average Bonchev–Trinajstić information content (AvgIpc) is 1.88. The second kappa shape index (κ2) is 2.35. The normalized spacial score (nSPS) is 9.00. The standard InChI is InChI=1S/C6H7NO2/c1-9-5-2-3-7-6(8)4-5/h2-4H,1H3,(H,7,8). The van der Waals surface area contributed by atoms with Crippen LogP contribution in [0.15, 0.2) is 18.3 Å². The molecule has 1 rings (SSSR count). The molecule has 1 aromatic rings. The molecule has 0 saturated carbocycles. The van der Waals surface area contributed by atoms with E-state index in [1.54, 1.807) is 6.07 Å². The topological polar surface area (TPSA) is 42.4 Å². The van der Waals surface area contributed by atoms with E-state index in [9.17, 15) is 0 Å². The number of ether oxygens (including phenoxy) is 1. The van der Waals surface area contributed by atoms with Crippen molar-refractivity contribution in [3.63, 3.8) is 0 Å². The molecule has 0 spiro atoms. The third kappa shape index (κ3) is 1.32. The Kier molecular flexibility index (Phi) is 1.53. The largest absolute Gasteiger partial charge is 0.497 e. The van der Waals surface area contributed by atoms with Crippen molar-refractivity contribution in [2.45, 2.75) is 0 Å². The van der Waals surface area contributed by atoms with Gasteiger partial charge in [-0.15, -0.1) is 0 Å². The van der Waals surface area contributed by atoms with Gasteiger partial charge in [-0.05, 0) is 6.07 Å². The molecule has 0 amide bonds. The van der Waals surface area contributed by atoms with Gasteiger partial charge in [0.1, 0.15) is 5.75 Å². The number of methoxy groups -OCH3 is 1. The van der Waals surface area contributed by atoms with Gasteiger partial charge < -0.3 is 9.84 Å². The van der Waals surface area contributed by atoms with Gasteiger partial charge in [0.2, 0.25) is 5.88 Å². The summed E-state index contributed by atoms with van der Waals surface area (Å²) in [6.07, 6.45) is 1.48. The summed E-state index contributed by atoms with van der Waals surface area (Å²) >= 11 is 0. The van der Waals surface area contributed by atoms with Gasteiger partial charge in [0, 0.05) is 12.3 Å². The summed E-state index contributed by atoms with van der Waals surface area (Å²) in [6.45, 7) is 0. The highest BCUT2D eigenvalue weighted by atomic mass is 16.5. The molecule has 48 valence electrons. The molecular weight excluding hydrogens is 118 g/mol. The van der Waals surface area contributed by atoms with E-state index in [1.807, 2.05) is 0 Å². The summed E-state index contributed by atoms with van der Waals surface area (Å²) in [7, 11) is 1.54. The van der Waals surface area contributed by atoms with Crippen LogP contribution in [0.25, 0.3) is 0 Å². The number of hydrogen-bond donors (Lipinski definition) is 1. The van der Waals surface area contributed by atoms with Gasteiger partial charge in [-0.1, -0.05) is 0 Å².